The second-order valence-corrected chi connectivity index (χ2v) is 5.38. The van der Waals surface area contributed by atoms with E-state index in [9.17, 15) is 22.8 Å². The number of amides is 2. The number of hydrogen-bond acceptors (Lipinski definition) is 4. The van der Waals surface area contributed by atoms with Crippen LogP contribution in [0.3, 0.4) is 0 Å². The summed E-state index contributed by atoms with van der Waals surface area (Å²) in [6.45, 7) is 0.0720. The lowest BCUT2D eigenvalue weighted by Gasteiger charge is -2.34. The molecule has 0 radical (unpaired) electrons. The number of pyridine rings is 2. The molecule has 0 saturated carbocycles. The molecule has 1 saturated heterocycles. The summed E-state index contributed by atoms with van der Waals surface area (Å²) in [5.41, 5.74) is -0.742. The molecule has 9 heteroatoms. The summed E-state index contributed by atoms with van der Waals surface area (Å²) in [5, 5.41) is 0. The Labute approximate surface area is 140 Å². The van der Waals surface area contributed by atoms with E-state index in [1.165, 1.54) is 28.1 Å². The number of nitrogens with zero attached hydrogens (tertiary/aromatic N) is 4. The Bertz CT molecular complexity index is 795. The van der Waals surface area contributed by atoms with E-state index >= 15 is 0 Å². The molecular weight excluding hydrogens is 337 g/mol. The summed E-state index contributed by atoms with van der Waals surface area (Å²) < 4.78 is 38.3. The molecule has 2 aromatic rings. The minimum Gasteiger partial charge on any atom is -0.326 e. The van der Waals surface area contributed by atoms with Crippen molar-refractivity contribution in [3.05, 3.63) is 54.1 Å². The van der Waals surface area contributed by atoms with Crippen molar-refractivity contribution in [3.63, 3.8) is 0 Å². The van der Waals surface area contributed by atoms with Gasteiger partial charge in [0.1, 0.15) is 17.9 Å². The number of rotatable bonds is 2. The Balaban J connectivity index is 1.75. The largest absolute Gasteiger partial charge is 0.433 e. The van der Waals surface area contributed by atoms with Gasteiger partial charge in [0, 0.05) is 31.2 Å². The number of aromatic nitrogens is 2. The van der Waals surface area contributed by atoms with E-state index in [0.29, 0.717) is 0 Å². The van der Waals surface area contributed by atoms with E-state index in [1.807, 2.05) is 0 Å². The number of hydrogen-bond donors (Lipinski definition) is 0. The predicted molar refractivity (Wildman–Crippen MR) is 81.7 cm³/mol. The summed E-state index contributed by atoms with van der Waals surface area (Å²) in [6, 6.07) is 7.03. The molecule has 1 fully saturated rings. The molecule has 0 atom stereocenters. The van der Waals surface area contributed by atoms with Crippen LogP contribution in [0, 0.1) is 0 Å². The Morgan fingerprint density at radius 3 is 2.52 bits per heavy atom. The van der Waals surface area contributed by atoms with Gasteiger partial charge in [0.15, 0.2) is 0 Å². The lowest BCUT2D eigenvalue weighted by atomic mass is 10.2. The van der Waals surface area contributed by atoms with Gasteiger partial charge < -0.3 is 9.80 Å². The van der Waals surface area contributed by atoms with Gasteiger partial charge in [-0.25, -0.2) is 0 Å². The van der Waals surface area contributed by atoms with E-state index in [1.54, 1.807) is 12.1 Å². The van der Waals surface area contributed by atoms with Crippen molar-refractivity contribution in [1.82, 2.24) is 14.9 Å². The van der Waals surface area contributed by atoms with Crippen LogP contribution >= 0.6 is 0 Å². The smallest absolute Gasteiger partial charge is 0.326 e. The van der Waals surface area contributed by atoms with E-state index in [0.717, 1.165) is 12.3 Å². The van der Waals surface area contributed by atoms with Crippen LogP contribution in [0.25, 0.3) is 0 Å². The number of halogens is 3. The predicted octanol–water partition coefficient (Wildman–Crippen LogP) is 1.98. The number of carbonyl (C=O) groups is 2. The van der Waals surface area contributed by atoms with Gasteiger partial charge in [0.2, 0.25) is 5.91 Å². The Morgan fingerprint density at radius 1 is 1.08 bits per heavy atom. The first-order valence-corrected chi connectivity index (χ1v) is 7.40. The molecule has 25 heavy (non-hydrogen) atoms. The maximum absolute atomic E-state index is 12.8. The maximum atomic E-state index is 12.8. The third-order valence-electron chi connectivity index (χ3n) is 3.74. The van der Waals surface area contributed by atoms with Gasteiger partial charge in [-0.15, -0.1) is 0 Å². The van der Waals surface area contributed by atoms with Crippen LogP contribution in [-0.4, -0.2) is 46.3 Å². The fraction of sp³-hybridized carbons (Fsp3) is 0.250. The molecule has 0 bridgehead atoms. The third-order valence-corrected chi connectivity index (χ3v) is 3.74. The van der Waals surface area contributed by atoms with Gasteiger partial charge >= 0.3 is 6.18 Å². The molecule has 0 N–H and O–H groups in total. The minimum absolute atomic E-state index is 0.0959. The zero-order chi connectivity index (χ0) is 18.0. The topological polar surface area (TPSA) is 66.4 Å². The van der Waals surface area contributed by atoms with Crippen molar-refractivity contribution in [3.8, 4) is 0 Å². The molecule has 0 unspecified atom stereocenters. The summed E-state index contributed by atoms with van der Waals surface area (Å²) in [6.07, 6.45) is -2.10. The molecule has 1 aliphatic heterocycles. The van der Waals surface area contributed by atoms with Gasteiger partial charge in [-0.05, 0) is 24.3 Å². The number of piperazine rings is 1. The summed E-state index contributed by atoms with van der Waals surface area (Å²) in [5.74, 6) is -0.853. The highest BCUT2D eigenvalue weighted by Crippen LogP contribution is 2.30. The molecular formula is C16H13F3N4O2. The average molecular weight is 350 g/mol. The molecule has 3 rings (SSSR count). The maximum Gasteiger partial charge on any atom is 0.433 e. The SMILES string of the molecule is O=C(c1ccccn1)N1CCN(c2ccnc(C(F)(F)F)c2)C(=O)C1. The van der Waals surface area contributed by atoms with Crippen molar-refractivity contribution in [1.29, 1.82) is 0 Å². The highest BCUT2D eigenvalue weighted by atomic mass is 19.4. The average Bonchev–Trinajstić information content (AvgIpc) is 2.61. The van der Waals surface area contributed by atoms with Crippen LogP contribution in [0.1, 0.15) is 16.2 Å². The molecule has 2 aromatic heterocycles. The number of anilines is 1. The molecule has 3 heterocycles. The van der Waals surface area contributed by atoms with E-state index in [-0.39, 0.29) is 36.9 Å². The molecule has 1 aliphatic rings. The van der Waals surface area contributed by atoms with Crippen molar-refractivity contribution in [2.24, 2.45) is 0 Å². The standard InChI is InChI=1S/C16H13F3N4O2/c17-16(18,19)13-9-11(4-6-21-13)23-8-7-22(10-14(23)24)15(25)12-3-1-2-5-20-12/h1-6,9H,7-8,10H2. The van der Waals surface area contributed by atoms with Gasteiger partial charge in [-0.1, -0.05) is 6.07 Å². The quantitative estimate of drug-likeness (QED) is 0.831. The van der Waals surface area contributed by atoms with Crippen LogP contribution in [0.5, 0.6) is 0 Å². The highest BCUT2D eigenvalue weighted by molar-refractivity contribution is 6.00. The second kappa shape index (κ2) is 6.50. The van der Waals surface area contributed by atoms with Gasteiger partial charge in [-0.3, -0.25) is 19.6 Å². The van der Waals surface area contributed by atoms with Crippen LogP contribution < -0.4 is 4.90 Å². The lowest BCUT2D eigenvalue weighted by Crippen LogP contribution is -2.52. The zero-order valence-corrected chi connectivity index (χ0v) is 12.9. The molecule has 6 nitrogen and oxygen atoms in total. The summed E-state index contributed by atoms with van der Waals surface area (Å²) in [7, 11) is 0. The highest BCUT2D eigenvalue weighted by Gasteiger charge is 2.34. The number of carbonyl (C=O) groups excluding carboxylic acids is 2. The van der Waals surface area contributed by atoms with Gasteiger partial charge in [0.25, 0.3) is 5.91 Å². The minimum atomic E-state index is -4.59. The van der Waals surface area contributed by atoms with Crippen LogP contribution in [0.4, 0.5) is 18.9 Å². The van der Waals surface area contributed by atoms with E-state index in [4.69, 9.17) is 0 Å². The van der Waals surface area contributed by atoms with E-state index in [2.05, 4.69) is 9.97 Å². The van der Waals surface area contributed by atoms with Crippen molar-refractivity contribution >= 4 is 17.5 Å². The van der Waals surface area contributed by atoms with Crippen molar-refractivity contribution in [2.75, 3.05) is 24.5 Å². The Hall–Kier alpha value is -2.97. The lowest BCUT2D eigenvalue weighted by molar-refractivity contribution is -0.141. The first kappa shape index (κ1) is 16.9. The Morgan fingerprint density at radius 2 is 1.88 bits per heavy atom. The van der Waals surface area contributed by atoms with Crippen LogP contribution in [0.15, 0.2) is 42.7 Å². The fourth-order valence-corrected chi connectivity index (χ4v) is 2.51. The molecule has 0 spiro atoms. The van der Waals surface area contributed by atoms with Crippen LogP contribution in [0.2, 0.25) is 0 Å². The zero-order valence-electron chi connectivity index (χ0n) is 12.9. The summed E-state index contributed by atoms with van der Waals surface area (Å²) >= 11 is 0. The summed E-state index contributed by atoms with van der Waals surface area (Å²) in [4.78, 5) is 34.4. The third kappa shape index (κ3) is 3.59. The second-order valence-electron chi connectivity index (χ2n) is 5.38. The van der Waals surface area contributed by atoms with Crippen LogP contribution in [-0.2, 0) is 11.0 Å². The van der Waals surface area contributed by atoms with E-state index < -0.39 is 17.8 Å². The normalized spacial score (nSPS) is 15.4. The molecule has 0 aliphatic carbocycles. The van der Waals surface area contributed by atoms with Crippen molar-refractivity contribution < 1.29 is 22.8 Å². The molecule has 2 amide bonds. The monoisotopic (exact) mass is 350 g/mol. The first-order chi connectivity index (χ1) is 11.9. The molecule has 130 valence electrons. The van der Waals surface area contributed by atoms with Gasteiger partial charge in [-0.2, -0.15) is 13.2 Å². The fourth-order valence-electron chi connectivity index (χ4n) is 2.51. The van der Waals surface area contributed by atoms with Gasteiger partial charge in [0.05, 0.1) is 0 Å². The molecule has 0 aromatic carbocycles. The van der Waals surface area contributed by atoms with Crippen molar-refractivity contribution in [2.45, 2.75) is 6.18 Å². The Kier molecular flexibility index (Phi) is 4.39. The first-order valence-electron chi connectivity index (χ1n) is 7.40. The number of alkyl halides is 3.